The Labute approximate surface area is 180 Å². The summed E-state index contributed by atoms with van der Waals surface area (Å²) in [4.78, 5) is 22.1. The largest absolute Gasteiger partial charge is 0.324 e. The van der Waals surface area contributed by atoms with E-state index in [1.54, 1.807) is 23.1 Å². The SMILES string of the molecule is CC1CC(C)CC(n2c(=O)ccc3cnc(Nc4ccc(-n5cccn5)cc4)nc32)C1. The molecule has 3 aromatic heterocycles. The summed E-state index contributed by atoms with van der Waals surface area (Å²) in [6.45, 7) is 4.54. The van der Waals surface area contributed by atoms with Crippen LogP contribution in [0.15, 0.2) is 65.8 Å². The normalized spacial score (nSPS) is 21.3. The van der Waals surface area contributed by atoms with Gasteiger partial charge < -0.3 is 5.32 Å². The summed E-state index contributed by atoms with van der Waals surface area (Å²) in [5, 5.41) is 8.39. The Kier molecular flexibility index (Phi) is 5.02. The van der Waals surface area contributed by atoms with E-state index in [9.17, 15) is 4.79 Å². The highest BCUT2D eigenvalue weighted by Gasteiger charge is 2.27. The molecule has 158 valence electrons. The highest BCUT2D eigenvalue weighted by molar-refractivity contribution is 5.75. The number of hydrogen-bond acceptors (Lipinski definition) is 5. The minimum atomic E-state index is 0.00651. The second-order valence-corrected chi connectivity index (χ2v) is 8.71. The predicted molar refractivity (Wildman–Crippen MR) is 122 cm³/mol. The van der Waals surface area contributed by atoms with Crippen molar-refractivity contribution >= 4 is 22.7 Å². The average molecular weight is 415 g/mol. The van der Waals surface area contributed by atoms with Crippen LogP contribution in [0.3, 0.4) is 0 Å². The van der Waals surface area contributed by atoms with Crippen LogP contribution in [-0.2, 0) is 0 Å². The van der Waals surface area contributed by atoms with Crippen molar-refractivity contribution < 1.29 is 0 Å². The van der Waals surface area contributed by atoms with Gasteiger partial charge in [-0.1, -0.05) is 13.8 Å². The molecule has 1 aromatic carbocycles. The fourth-order valence-electron chi connectivity index (χ4n) is 4.81. The Hall–Kier alpha value is -3.48. The molecule has 1 aliphatic carbocycles. The minimum absolute atomic E-state index is 0.00651. The van der Waals surface area contributed by atoms with Gasteiger partial charge in [0.05, 0.1) is 5.69 Å². The molecule has 1 N–H and O–H groups in total. The van der Waals surface area contributed by atoms with E-state index in [0.29, 0.717) is 23.4 Å². The van der Waals surface area contributed by atoms with Gasteiger partial charge in [0, 0.05) is 41.8 Å². The number of rotatable bonds is 4. The van der Waals surface area contributed by atoms with E-state index < -0.39 is 0 Å². The van der Waals surface area contributed by atoms with Gasteiger partial charge in [0.15, 0.2) is 0 Å². The molecule has 3 heterocycles. The maximum Gasteiger partial charge on any atom is 0.252 e. The van der Waals surface area contributed by atoms with Crippen LogP contribution in [0.2, 0.25) is 0 Å². The number of pyridine rings is 1. The van der Waals surface area contributed by atoms with Gasteiger partial charge in [-0.2, -0.15) is 10.1 Å². The Balaban J connectivity index is 1.47. The fourth-order valence-corrected chi connectivity index (χ4v) is 4.81. The Morgan fingerprint density at radius 3 is 2.48 bits per heavy atom. The lowest BCUT2D eigenvalue weighted by Crippen LogP contribution is -2.30. The molecule has 4 aromatic rings. The van der Waals surface area contributed by atoms with Crippen molar-refractivity contribution in [2.45, 2.75) is 39.2 Å². The van der Waals surface area contributed by atoms with Gasteiger partial charge in [-0.15, -0.1) is 0 Å². The summed E-state index contributed by atoms with van der Waals surface area (Å²) >= 11 is 0. The van der Waals surface area contributed by atoms with Crippen LogP contribution < -0.4 is 10.9 Å². The van der Waals surface area contributed by atoms with Crippen LogP contribution in [-0.4, -0.2) is 24.3 Å². The third kappa shape index (κ3) is 3.95. The Morgan fingerprint density at radius 2 is 1.77 bits per heavy atom. The molecule has 31 heavy (non-hydrogen) atoms. The molecule has 5 rings (SSSR count). The number of hydrogen-bond donors (Lipinski definition) is 1. The Morgan fingerprint density at radius 1 is 1.00 bits per heavy atom. The lowest BCUT2D eigenvalue weighted by Gasteiger charge is -2.33. The van der Waals surface area contributed by atoms with Gasteiger partial charge in [0.2, 0.25) is 5.95 Å². The van der Waals surface area contributed by atoms with E-state index in [2.05, 4.69) is 29.2 Å². The minimum Gasteiger partial charge on any atom is -0.324 e. The molecule has 7 nitrogen and oxygen atoms in total. The van der Waals surface area contributed by atoms with Crippen molar-refractivity contribution in [2.75, 3.05) is 5.32 Å². The van der Waals surface area contributed by atoms with E-state index in [1.807, 2.05) is 47.2 Å². The number of anilines is 2. The van der Waals surface area contributed by atoms with E-state index in [-0.39, 0.29) is 11.6 Å². The molecule has 0 aliphatic heterocycles. The molecular weight excluding hydrogens is 388 g/mol. The first-order chi connectivity index (χ1) is 15.1. The first kappa shape index (κ1) is 19.5. The molecule has 0 amide bonds. The maximum absolute atomic E-state index is 12.8. The van der Waals surface area contributed by atoms with Crippen molar-refractivity contribution in [3.63, 3.8) is 0 Å². The molecule has 0 spiro atoms. The Bertz CT molecular complexity index is 1240. The first-order valence-electron chi connectivity index (χ1n) is 10.8. The topological polar surface area (TPSA) is 77.6 Å². The molecule has 1 saturated carbocycles. The van der Waals surface area contributed by atoms with Crippen LogP contribution in [0.4, 0.5) is 11.6 Å². The summed E-state index contributed by atoms with van der Waals surface area (Å²) < 4.78 is 3.69. The van der Waals surface area contributed by atoms with Gasteiger partial charge in [0.25, 0.3) is 5.56 Å². The van der Waals surface area contributed by atoms with Crippen molar-refractivity contribution in [2.24, 2.45) is 11.8 Å². The number of aromatic nitrogens is 5. The predicted octanol–water partition coefficient (Wildman–Crippen LogP) is 4.72. The molecular formula is C24H26N6O. The summed E-state index contributed by atoms with van der Waals surface area (Å²) in [7, 11) is 0. The highest BCUT2D eigenvalue weighted by Crippen LogP contribution is 2.36. The van der Waals surface area contributed by atoms with E-state index >= 15 is 0 Å². The zero-order valence-electron chi connectivity index (χ0n) is 17.8. The van der Waals surface area contributed by atoms with E-state index in [1.165, 1.54) is 6.42 Å². The number of nitrogens with one attached hydrogen (secondary N) is 1. The molecule has 0 saturated heterocycles. The molecule has 1 aliphatic rings. The molecule has 0 radical (unpaired) electrons. The zero-order valence-corrected chi connectivity index (χ0v) is 17.8. The molecule has 1 fully saturated rings. The van der Waals surface area contributed by atoms with Crippen molar-refractivity contribution in [3.8, 4) is 5.69 Å². The van der Waals surface area contributed by atoms with Crippen LogP contribution >= 0.6 is 0 Å². The lowest BCUT2D eigenvalue weighted by molar-refractivity contribution is 0.221. The standard InChI is InChI=1S/C24H26N6O/c1-16-12-17(2)14-21(13-16)30-22(31)9-4-18-15-25-24(28-23(18)30)27-19-5-7-20(8-6-19)29-11-3-10-26-29/h3-11,15-17,21H,12-14H2,1-2H3,(H,25,27,28). The smallest absolute Gasteiger partial charge is 0.252 e. The van der Waals surface area contributed by atoms with Crippen LogP contribution in [0.25, 0.3) is 16.7 Å². The third-order valence-corrected chi connectivity index (χ3v) is 6.08. The maximum atomic E-state index is 12.8. The summed E-state index contributed by atoms with van der Waals surface area (Å²) in [5.74, 6) is 1.68. The number of benzene rings is 1. The summed E-state index contributed by atoms with van der Waals surface area (Å²) in [6, 6.07) is 13.4. The van der Waals surface area contributed by atoms with Gasteiger partial charge in [-0.3, -0.25) is 9.36 Å². The van der Waals surface area contributed by atoms with E-state index in [0.717, 1.165) is 29.6 Å². The van der Waals surface area contributed by atoms with Gasteiger partial charge in [0.1, 0.15) is 5.65 Å². The average Bonchev–Trinajstić information content (AvgIpc) is 3.28. The molecule has 0 bridgehead atoms. The third-order valence-electron chi connectivity index (χ3n) is 6.08. The summed E-state index contributed by atoms with van der Waals surface area (Å²) in [5.41, 5.74) is 2.56. The van der Waals surface area contributed by atoms with Gasteiger partial charge in [-0.05, 0) is 67.5 Å². The fraction of sp³-hybridized carbons (Fsp3) is 0.333. The quantitative estimate of drug-likeness (QED) is 0.523. The number of nitrogens with zero attached hydrogens (tertiary/aromatic N) is 5. The van der Waals surface area contributed by atoms with Crippen molar-refractivity contribution in [1.29, 1.82) is 0 Å². The van der Waals surface area contributed by atoms with Crippen LogP contribution in [0.5, 0.6) is 0 Å². The van der Waals surface area contributed by atoms with Crippen LogP contribution in [0, 0.1) is 11.8 Å². The lowest BCUT2D eigenvalue weighted by atomic mass is 9.80. The van der Waals surface area contributed by atoms with Gasteiger partial charge in [-0.25, -0.2) is 9.67 Å². The molecule has 7 heteroatoms. The van der Waals surface area contributed by atoms with Crippen molar-refractivity contribution in [1.82, 2.24) is 24.3 Å². The summed E-state index contributed by atoms with van der Waals surface area (Å²) in [6.07, 6.45) is 8.67. The highest BCUT2D eigenvalue weighted by atomic mass is 16.1. The monoisotopic (exact) mass is 414 g/mol. The number of fused-ring (bicyclic) bond motifs is 1. The van der Waals surface area contributed by atoms with Gasteiger partial charge >= 0.3 is 0 Å². The first-order valence-corrected chi connectivity index (χ1v) is 10.8. The second-order valence-electron chi connectivity index (χ2n) is 8.71. The molecule has 2 unspecified atom stereocenters. The van der Waals surface area contributed by atoms with Crippen molar-refractivity contribution in [3.05, 3.63) is 71.4 Å². The second kappa shape index (κ2) is 7.98. The zero-order chi connectivity index (χ0) is 21.4. The van der Waals surface area contributed by atoms with E-state index in [4.69, 9.17) is 4.98 Å². The van der Waals surface area contributed by atoms with Crippen LogP contribution in [0.1, 0.15) is 39.2 Å². The molecule has 2 atom stereocenters.